The van der Waals surface area contributed by atoms with Crippen LogP contribution >= 0.6 is 0 Å². The summed E-state index contributed by atoms with van der Waals surface area (Å²) in [6.45, 7) is 11.2. The summed E-state index contributed by atoms with van der Waals surface area (Å²) in [5.41, 5.74) is 10.5. The van der Waals surface area contributed by atoms with Crippen LogP contribution in [0.15, 0.2) is 34.7 Å². The van der Waals surface area contributed by atoms with Crippen molar-refractivity contribution in [2.45, 2.75) is 41.0 Å². The van der Waals surface area contributed by atoms with Crippen molar-refractivity contribution in [3.63, 3.8) is 0 Å². The maximum atomic E-state index is 5.89. The Labute approximate surface area is 93.9 Å². The molecular weight excluding hydrogens is 184 g/mol. The van der Waals surface area contributed by atoms with Crippen LogP contribution in [0.5, 0.6) is 0 Å². The van der Waals surface area contributed by atoms with E-state index in [2.05, 4.69) is 38.2 Å². The maximum absolute atomic E-state index is 5.89. The Morgan fingerprint density at radius 1 is 1.27 bits per heavy atom. The summed E-state index contributed by atoms with van der Waals surface area (Å²) in [6, 6.07) is 0. The predicted octanol–water partition coefficient (Wildman–Crippen LogP) is 3.09. The van der Waals surface area contributed by atoms with Crippen LogP contribution < -0.4 is 11.1 Å². The van der Waals surface area contributed by atoms with Gasteiger partial charge in [-0.3, -0.25) is 0 Å². The number of nitrogens with one attached hydrogen (secondary N) is 1. The molecule has 0 atom stereocenters. The molecule has 2 nitrogen and oxygen atoms in total. The van der Waals surface area contributed by atoms with Crippen LogP contribution in [0.1, 0.15) is 41.0 Å². The van der Waals surface area contributed by atoms with Gasteiger partial charge >= 0.3 is 0 Å². The normalized spacial score (nSPS) is 15.8. The Hall–Kier alpha value is -1.18. The SMILES string of the molecule is CC.CCNC1=C(C)C(C)=C(N)CC=C1. The van der Waals surface area contributed by atoms with E-state index in [1.165, 1.54) is 16.8 Å². The van der Waals surface area contributed by atoms with E-state index >= 15 is 0 Å². The van der Waals surface area contributed by atoms with E-state index in [0.717, 1.165) is 18.7 Å². The lowest BCUT2D eigenvalue weighted by Crippen LogP contribution is -2.12. The maximum Gasteiger partial charge on any atom is 0.0370 e. The fourth-order valence-electron chi connectivity index (χ4n) is 1.41. The van der Waals surface area contributed by atoms with Gasteiger partial charge in [-0.05, 0) is 38.0 Å². The highest BCUT2D eigenvalue weighted by molar-refractivity contribution is 5.41. The van der Waals surface area contributed by atoms with Gasteiger partial charge in [0.15, 0.2) is 0 Å². The minimum Gasteiger partial charge on any atom is -0.402 e. The van der Waals surface area contributed by atoms with E-state index in [1.807, 2.05) is 13.8 Å². The zero-order valence-corrected chi connectivity index (χ0v) is 10.6. The molecule has 0 aromatic heterocycles. The van der Waals surface area contributed by atoms with Gasteiger partial charge in [-0.1, -0.05) is 19.9 Å². The summed E-state index contributed by atoms with van der Waals surface area (Å²) < 4.78 is 0. The Bertz CT molecular complexity index is 283. The number of rotatable bonds is 2. The van der Waals surface area contributed by atoms with Crippen molar-refractivity contribution >= 4 is 0 Å². The van der Waals surface area contributed by atoms with Crippen LogP contribution in [-0.4, -0.2) is 6.54 Å². The second kappa shape index (κ2) is 7.16. The average Bonchev–Trinajstić information content (AvgIpc) is 2.38. The Morgan fingerprint density at radius 2 is 1.87 bits per heavy atom. The molecular formula is C13H24N2. The zero-order chi connectivity index (χ0) is 11.8. The molecule has 0 saturated carbocycles. The smallest absolute Gasteiger partial charge is 0.0370 e. The molecule has 0 spiro atoms. The molecule has 0 unspecified atom stereocenters. The van der Waals surface area contributed by atoms with Gasteiger partial charge in [0.1, 0.15) is 0 Å². The molecule has 1 aliphatic rings. The van der Waals surface area contributed by atoms with Gasteiger partial charge in [0.25, 0.3) is 0 Å². The first-order valence-corrected chi connectivity index (χ1v) is 5.73. The average molecular weight is 208 g/mol. The van der Waals surface area contributed by atoms with Gasteiger partial charge in [-0.2, -0.15) is 0 Å². The van der Waals surface area contributed by atoms with Gasteiger partial charge in [0, 0.05) is 24.4 Å². The van der Waals surface area contributed by atoms with Gasteiger partial charge in [0.2, 0.25) is 0 Å². The molecule has 2 heteroatoms. The third-order valence-corrected chi connectivity index (χ3v) is 2.44. The van der Waals surface area contributed by atoms with Crippen LogP contribution in [0.3, 0.4) is 0 Å². The first-order valence-electron chi connectivity index (χ1n) is 5.73. The molecule has 1 rings (SSSR count). The summed E-state index contributed by atoms with van der Waals surface area (Å²) in [4.78, 5) is 0. The molecule has 1 aliphatic carbocycles. The largest absolute Gasteiger partial charge is 0.402 e. The highest BCUT2D eigenvalue weighted by Crippen LogP contribution is 2.20. The third kappa shape index (κ3) is 3.82. The Balaban J connectivity index is 0.000000921. The first-order chi connectivity index (χ1) is 7.16. The number of likely N-dealkylation sites (N-methyl/N-ethyl adjacent to an activating group) is 1. The van der Waals surface area contributed by atoms with Gasteiger partial charge in [-0.15, -0.1) is 0 Å². The lowest BCUT2D eigenvalue weighted by Gasteiger charge is -2.10. The van der Waals surface area contributed by atoms with Crippen molar-refractivity contribution in [2.24, 2.45) is 5.73 Å². The molecule has 0 amide bonds. The van der Waals surface area contributed by atoms with Gasteiger partial charge in [0.05, 0.1) is 0 Å². The van der Waals surface area contributed by atoms with E-state index in [0.29, 0.717) is 0 Å². The molecule has 86 valence electrons. The van der Waals surface area contributed by atoms with E-state index < -0.39 is 0 Å². The molecule has 0 radical (unpaired) electrons. The lowest BCUT2D eigenvalue weighted by atomic mass is 10.1. The van der Waals surface area contributed by atoms with Crippen LogP contribution in [0, 0.1) is 0 Å². The van der Waals surface area contributed by atoms with Crippen molar-refractivity contribution in [2.75, 3.05) is 6.54 Å². The van der Waals surface area contributed by atoms with Gasteiger partial charge < -0.3 is 11.1 Å². The van der Waals surface area contributed by atoms with Crippen molar-refractivity contribution in [3.8, 4) is 0 Å². The molecule has 0 heterocycles. The van der Waals surface area contributed by atoms with Crippen LogP contribution in [-0.2, 0) is 0 Å². The van der Waals surface area contributed by atoms with Crippen molar-refractivity contribution in [3.05, 3.63) is 34.7 Å². The molecule has 15 heavy (non-hydrogen) atoms. The highest BCUT2D eigenvalue weighted by atomic mass is 14.9. The van der Waals surface area contributed by atoms with E-state index in [-0.39, 0.29) is 0 Å². The number of hydrogen-bond donors (Lipinski definition) is 2. The monoisotopic (exact) mass is 208 g/mol. The number of hydrogen-bond acceptors (Lipinski definition) is 2. The minimum absolute atomic E-state index is 0.859. The first kappa shape index (κ1) is 13.8. The number of nitrogens with two attached hydrogens (primary N) is 1. The van der Waals surface area contributed by atoms with Gasteiger partial charge in [-0.25, -0.2) is 0 Å². The van der Waals surface area contributed by atoms with Crippen molar-refractivity contribution in [1.82, 2.24) is 5.32 Å². The van der Waals surface area contributed by atoms with Crippen molar-refractivity contribution < 1.29 is 0 Å². The van der Waals surface area contributed by atoms with Crippen LogP contribution in [0.25, 0.3) is 0 Å². The summed E-state index contributed by atoms with van der Waals surface area (Å²) >= 11 is 0. The molecule has 0 saturated heterocycles. The molecule has 0 aromatic rings. The molecule has 0 aliphatic heterocycles. The molecule has 0 fully saturated rings. The van der Waals surface area contributed by atoms with E-state index in [9.17, 15) is 0 Å². The topological polar surface area (TPSA) is 38.0 Å². The third-order valence-electron chi connectivity index (χ3n) is 2.44. The van der Waals surface area contributed by atoms with Crippen LogP contribution in [0.2, 0.25) is 0 Å². The number of allylic oxidation sites excluding steroid dienone is 4. The minimum atomic E-state index is 0.859. The standard InChI is InChI=1S/C11H18N2.C2H6/c1-4-13-11-7-5-6-10(12)8(2)9(11)3;1-2/h5,7,13H,4,6,12H2,1-3H3;1-2H3. The molecule has 0 aromatic carbocycles. The predicted molar refractivity (Wildman–Crippen MR) is 68.4 cm³/mol. The summed E-state index contributed by atoms with van der Waals surface area (Å²) in [7, 11) is 0. The summed E-state index contributed by atoms with van der Waals surface area (Å²) in [5, 5.41) is 3.33. The fourth-order valence-corrected chi connectivity index (χ4v) is 1.41. The Kier molecular flexibility index (Phi) is 6.59. The van der Waals surface area contributed by atoms with Crippen LogP contribution in [0.4, 0.5) is 0 Å². The summed E-state index contributed by atoms with van der Waals surface area (Å²) in [6.07, 6.45) is 5.08. The fraction of sp³-hybridized carbons (Fsp3) is 0.538. The molecule has 3 N–H and O–H groups in total. The summed E-state index contributed by atoms with van der Waals surface area (Å²) in [5.74, 6) is 0. The second-order valence-corrected chi connectivity index (χ2v) is 3.33. The quantitative estimate of drug-likeness (QED) is 0.732. The van der Waals surface area contributed by atoms with E-state index in [1.54, 1.807) is 0 Å². The highest BCUT2D eigenvalue weighted by Gasteiger charge is 2.06. The zero-order valence-electron chi connectivity index (χ0n) is 10.6. The second-order valence-electron chi connectivity index (χ2n) is 3.33. The Morgan fingerprint density at radius 3 is 2.40 bits per heavy atom. The molecule has 0 bridgehead atoms. The lowest BCUT2D eigenvalue weighted by molar-refractivity contribution is 0.866. The van der Waals surface area contributed by atoms with Crippen molar-refractivity contribution in [1.29, 1.82) is 0 Å². The van der Waals surface area contributed by atoms with E-state index in [4.69, 9.17) is 5.73 Å².